The minimum absolute atomic E-state index is 0.580. The van der Waals surface area contributed by atoms with Crippen LogP contribution in [0.3, 0.4) is 0 Å². The van der Waals surface area contributed by atoms with E-state index in [0.717, 1.165) is 5.92 Å². The molecule has 0 radical (unpaired) electrons. The van der Waals surface area contributed by atoms with Crippen molar-refractivity contribution < 1.29 is 4.74 Å². The first kappa shape index (κ1) is 9.51. The van der Waals surface area contributed by atoms with Crippen LogP contribution in [0.15, 0.2) is 0 Å². The standard InChI is InChI=1S/C12H22O/c1-4-12(3,5-2)9-6-7-10-11(8-9)13-10/h9-11H,4-8H2,1-3H3. The molecule has 0 aromatic rings. The summed E-state index contributed by atoms with van der Waals surface area (Å²) in [5.74, 6) is 0.922. The number of fused-ring (bicyclic) bond motifs is 1. The van der Waals surface area contributed by atoms with Crippen molar-refractivity contribution in [2.24, 2.45) is 11.3 Å². The number of rotatable bonds is 3. The maximum atomic E-state index is 5.59. The molecular weight excluding hydrogens is 160 g/mol. The molecule has 0 aromatic carbocycles. The van der Waals surface area contributed by atoms with Crippen LogP contribution in [0.2, 0.25) is 0 Å². The van der Waals surface area contributed by atoms with Gasteiger partial charge in [0.25, 0.3) is 0 Å². The molecule has 2 aliphatic rings. The molecule has 0 bridgehead atoms. The SMILES string of the molecule is CCC(C)(CC)C1CCC2OC2C1. The molecule has 2 fully saturated rings. The van der Waals surface area contributed by atoms with E-state index in [1.165, 1.54) is 32.1 Å². The van der Waals surface area contributed by atoms with Gasteiger partial charge in [0, 0.05) is 0 Å². The molecule has 0 N–H and O–H groups in total. The third-order valence-electron chi connectivity index (χ3n) is 4.61. The van der Waals surface area contributed by atoms with Crippen molar-refractivity contribution >= 4 is 0 Å². The Hall–Kier alpha value is -0.0400. The molecule has 2 rings (SSSR count). The van der Waals surface area contributed by atoms with E-state index in [2.05, 4.69) is 20.8 Å². The first-order chi connectivity index (χ1) is 6.19. The van der Waals surface area contributed by atoms with Crippen LogP contribution < -0.4 is 0 Å². The van der Waals surface area contributed by atoms with Gasteiger partial charge >= 0.3 is 0 Å². The van der Waals surface area contributed by atoms with E-state index in [1.54, 1.807) is 0 Å². The molecule has 1 nitrogen and oxygen atoms in total. The average molecular weight is 182 g/mol. The van der Waals surface area contributed by atoms with Crippen molar-refractivity contribution in [2.75, 3.05) is 0 Å². The van der Waals surface area contributed by atoms with Gasteiger partial charge in [-0.15, -0.1) is 0 Å². The van der Waals surface area contributed by atoms with E-state index in [4.69, 9.17) is 4.74 Å². The smallest absolute Gasteiger partial charge is 0.0844 e. The lowest BCUT2D eigenvalue weighted by molar-refractivity contribution is 0.133. The van der Waals surface area contributed by atoms with Crippen molar-refractivity contribution in [1.29, 1.82) is 0 Å². The third-order valence-corrected chi connectivity index (χ3v) is 4.61. The Labute approximate surface area is 81.9 Å². The third kappa shape index (κ3) is 1.63. The predicted octanol–water partition coefficient (Wildman–Crippen LogP) is 3.38. The maximum absolute atomic E-state index is 5.59. The summed E-state index contributed by atoms with van der Waals surface area (Å²) in [7, 11) is 0. The van der Waals surface area contributed by atoms with Crippen LogP contribution in [0.25, 0.3) is 0 Å². The van der Waals surface area contributed by atoms with Gasteiger partial charge in [-0.1, -0.05) is 33.6 Å². The van der Waals surface area contributed by atoms with Gasteiger partial charge < -0.3 is 4.74 Å². The maximum Gasteiger partial charge on any atom is 0.0844 e. The molecule has 0 spiro atoms. The Bertz CT molecular complexity index is 184. The molecule has 1 saturated carbocycles. The van der Waals surface area contributed by atoms with Crippen LogP contribution in [-0.4, -0.2) is 12.2 Å². The van der Waals surface area contributed by atoms with E-state index >= 15 is 0 Å². The highest BCUT2D eigenvalue weighted by Crippen LogP contribution is 2.48. The lowest BCUT2D eigenvalue weighted by Gasteiger charge is -2.37. The molecular formula is C12H22O. The first-order valence-electron chi connectivity index (χ1n) is 5.85. The van der Waals surface area contributed by atoms with Crippen LogP contribution in [-0.2, 0) is 4.74 Å². The summed E-state index contributed by atoms with van der Waals surface area (Å²) in [5.41, 5.74) is 0.580. The van der Waals surface area contributed by atoms with Crippen molar-refractivity contribution in [3.05, 3.63) is 0 Å². The highest BCUT2D eigenvalue weighted by Gasteiger charge is 2.47. The largest absolute Gasteiger partial charge is 0.370 e. The lowest BCUT2D eigenvalue weighted by Crippen LogP contribution is -2.30. The van der Waals surface area contributed by atoms with Crippen molar-refractivity contribution in [3.8, 4) is 0 Å². The van der Waals surface area contributed by atoms with E-state index < -0.39 is 0 Å². The van der Waals surface area contributed by atoms with Gasteiger partial charge in [-0.05, 0) is 30.6 Å². The normalized spacial score (nSPS) is 38.5. The second kappa shape index (κ2) is 3.27. The summed E-state index contributed by atoms with van der Waals surface area (Å²) in [6.07, 6.45) is 8.02. The Morgan fingerprint density at radius 3 is 2.38 bits per heavy atom. The fourth-order valence-corrected chi connectivity index (χ4v) is 2.86. The second-order valence-corrected chi connectivity index (χ2v) is 5.08. The first-order valence-corrected chi connectivity index (χ1v) is 5.85. The van der Waals surface area contributed by atoms with E-state index in [-0.39, 0.29) is 0 Å². The van der Waals surface area contributed by atoms with Gasteiger partial charge in [0.05, 0.1) is 12.2 Å². The number of epoxide rings is 1. The Morgan fingerprint density at radius 2 is 1.85 bits per heavy atom. The minimum atomic E-state index is 0.580. The molecule has 0 aromatic heterocycles. The Balaban J connectivity index is 1.97. The molecule has 1 heterocycles. The molecule has 3 unspecified atom stereocenters. The van der Waals surface area contributed by atoms with E-state index in [0.29, 0.717) is 17.6 Å². The Morgan fingerprint density at radius 1 is 1.15 bits per heavy atom. The summed E-state index contributed by atoms with van der Waals surface area (Å²) < 4.78 is 5.59. The zero-order valence-corrected chi connectivity index (χ0v) is 9.18. The Kier molecular flexibility index (Phi) is 2.39. The predicted molar refractivity (Wildman–Crippen MR) is 54.7 cm³/mol. The highest BCUT2D eigenvalue weighted by molar-refractivity contribution is 4.96. The van der Waals surface area contributed by atoms with Crippen LogP contribution in [0.5, 0.6) is 0 Å². The van der Waals surface area contributed by atoms with Crippen LogP contribution >= 0.6 is 0 Å². The fourth-order valence-electron chi connectivity index (χ4n) is 2.86. The topological polar surface area (TPSA) is 12.5 Å². The summed E-state index contributed by atoms with van der Waals surface area (Å²) >= 11 is 0. The van der Waals surface area contributed by atoms with E-state index in [9.17, 15) is 0 Å². The van der Waals surface area contributed by atoms with E-state index in [1.807, 2.05) is 0 Å². The second-order valence-electron chi connectivity index (χ2n) is 5.08. The molecule has 1 heteroatoms. The molecule has 3 atom stereocenters. The zero-order valence-electron chi connectivity index (χ0n) is 9.18. The van der Waals surface area contributed by atoms with Crippen molar-refractivity contribution in [1.82, 2.24) is 0 Å². The fraction of sp³-hybridized carbons (Fsp3) is 1.00. The van der Waals surface area contributed by atoms with Gasteiger partial charge in [-0.3, -0.25) is 0 Å². The molecule has 1 saturated heterocycles. The summed E-state index contributed by atoms with van der Waals surface area (Å²) in [5, 5.41) is 0. The molecule has 0 amide bonds. The summed E-state index contributed by atoms with van der Waals surface area (Å²) in [6, 6.07) is 0. The molecule has 1 aliphatic heterocycles. The number of hydrogen-bond acceptors (Lipinski definition) is 1. The molecule has 1 aliphatic carbocycles. The number of ether oxygens (including phenoxy) is 1. The highest BCUT2D eigenvalue weighted by atomic mass is 16.6. The molecule has 76 valence electrons. The van der Waals surface area contributed by atoms with Gasteiger partial charge in [-0.2, -0.15) is 0 Å². The van der Waals surface area contributed by atoms with Crippen LogP contribution in [0, 0.1) is 11.3 Å². The van der Waals surface area contributed by atoms with Crippen LogP contribution in [0.4, 0.5) is 0 Å². The van der Waals surface area contributed by atoms with Gasteiger partial charge in [-0.25, -0.2) is 0 Å². The monoisotopic (exact) mass is 182 g/mol. The summed E-state index contributed by atoms with van der Waals surface area (Å²) in [4.78, 5) is 0. The van der Waals surface area contributed by atoms with Gasteiger partial charge in [0.1, 0.15) is 0 Å². The zero-order chi connectivity index (χ0) is 9.47. The van der Waals surface area contributed by atoms with Crippen molar-refractivity contribution in [2.45, 2.75) is 65.1 Å². The quantitative estimate of drug-likeness (QED) is 0.610. The number of hydrogen-bond donors (Lipinski definition) is 0. The summed E-state index contributed by atoms with van der Waals surface area (Å²) in [6.45, 7) is 7.13. The van der Waals surface area contributed by atoms with Crippen molar-refractivity contribution in [3.63, 3.8) is 0 Å². The van der Waals surface area contributed by atoms with Crippen LogP contribution in [0.1, 0.15) is 52.9 Å². The minimum Gasteiger partial charge on any atom is -0.370 e. The van der Waals surface area contributed by atoms with Gasteiger partial charge in [0.15, 0.2) is 0 Å². The molecule has 13 heavy (non-hydrogen) atoms. The van der Waals surface area contributed by atoms with Gasteiger partial charge in [0.2, 0.25) is 0 Å². The average Bonchev–Trinajstić information content (AvgIpc) is 2.94. The lowest BCUT2D eigenvalue weighted by atomic mass is 9.67.